The van der Waals surface area contributed by atoms with Gasteiger partial charge in [-0.2, -0.15) is 0 Å². The third-order valence-electron chi connectivity index (χ3n) is 7.26. The Balaban J connectivity index is 1.43. The molecule has 0 aliphatic carbocycles. The van der Waals surface area contributed by atoms with Crippen LogP contribution in [0.25, 0.3) is 0 Å². The molecule has 9 nitrogen and oxygen atoms in total. The van der Waals surface area contributed by atoms with Crippen molar-refractivity contribution in [2.45, 2.75) is 32.7 Å². The van der Waals surface area contributed by atoms with Crippen molar-refractivity contribution in [3.05, 3.63) is 76.6 Å². The number of esters is 1. The standard InChI is InChI=1S/C30H33FN4O5/c1-5-40-28(36)12-9-19-15-26-29(27(16-19)39-4)33(2)32-35(26)25-8-6-7-20-18-34(14-13-22(20)25)30(37)23-11-10-21(38-3)17-24(23)31/h6-8,10-11,15-17,32H,5,9,12-14,18H2,1-4H3. The van der Waals surface area contributed by atoms with Gasteiger partial charge in [-0.15, -0.1) is 5.53 Å². The van der Waals surface area contributed by atoms with Crippen LogP contribution in [0.3, 0.4) is 0 Å². The Morgan fingerprint density at radius 3 is 2.60 bits per heavy atom. The van der Waals surface area contributed by atoms with Gasteiger partial charge in [0.25, 0.3) is 5.91 Å². The number of anilines is 3. The van der Waals surface area contributed by atoms with E-state index < -0.39 is 5.82 Å². The molecule has 3 aromatic rings. The molecule has 10 heteroatoms. The number of fused-ring (bicyclic) bond motifs is 2. The number of carbonyl (C=O) groups is 2. The van der Waals surface area contributed by atoms with Crippen molar-refractivity contribution in [1.82, 2.24) is 10.4 Å². The van der Waals surface area contributed by atoms with E-state index in [0.29, 0.717) is 44.0 Å². The fraction of sp³-hybridized carbons (Fsp3) is 0.333. The topological polar surface area (TPSA) is 83.6 Å². The van der Waals surface area contributed by atoms with Crippen molar-refractivity contribution < 1.29 is 28.2 Å². The van der Waals surface area contributed by atoms with E-state index in [9.17, 15) is 14.0 Å². The van der Waals surface area contributed by atoms with E-state index in [1.807, 2.05) is 41.3 Å². The third kappa shape index (κ3) is 5.14. The maximum Gasteiger partial charge on any atom is 0.306 e. The molecule has 0 spiro atoms. The lowest BCUT2D eigenvalue weighted by molar-refractivity contribution is -0.143. The summed E-state index contributed by atoms with van der Waals surface area (Å²) >= 11 is 0. The molecule has 2 aliphatic heterocycles. The van der Waals surface area contributed by atoms with Crippen molar-refractivity contribution in [1.29, 1.82) is 0 Å². The summed E-state index contributed by atoms with van der Waals surface area (Å²) in [5.41, 5.74) is 9.21. The zero-order valence-corrected chi connectivity index (χ0v) is 23.1. The summed E-state index contributed by atoms with van der Waals surface area (Å²) in [6.45, 7) is 2.97. The van der Waals surface area contributed by atoms with Crippen LogP contribution in [0.5, 0.6) is 11.5 Å². The molecular formula is C30H33FN4O5. The fourth-order valence-corrected chi connectivity index (χ4v) is 5.31. The zero-order chi connectivity index (χ0) is 28.4. The summed E-state index contributed by atoms with van der Waals surface area (Å²) in [7, 11) is 5.00. The van der Waals surface area contributed by atoms with Gasteiger partial charge >= 0.3 is 5.97 Å². The summed E-state index contributed by atoms with van der Waals surface area (Å²) in [5, 5.41) is 3.90. The number of nitrogens with zero attached hydrogens (tertiary/aromatic N) is 3. The van der Waals surface area contributed by atoms with Gasteiger partial charge in [0.2, 0.25) is 0 Å². The number of rotatable bonds is 8. The molecule has 0 aromatic heterocycles. The molecule has 0 fully saturated rings. The second kappa shape index (κ2) is 11.4. The molecule has 0 saturated carbocycles. The fourth-order valence-electron chi connectivity index (χ4n) is 5.31. The Labute approximate surface area is 233 Å². The molecule has 40 heavy (non-hydrogen) atoms. The molecule has 0 bridgehead atoms. The van der Waals surface area contributed by atoms with Gasteiger partial charge in [-0.3, -0.25) is 19.6 Å². The quantitative estimate of drug-likeness (QED) is 0.411. The number of hydrazine groups is 2. The van der Waals surface area contributed by atoms with Gasteiger partial charge in [0.15, 0.2) is 0 Å². The first kappa shape index (κ1) is 27.3. The number of nitrogens with one attached hydrogen (secondary N) is 1. The van der Waals surface area contributed by atoms with Gasteiger partial charge in [0.1, 0.15) is 23.0 Å². The van der Waals surface area contributed by atoms with Crippen LogP contribution in [0.1, 0.15) is 40.4 Å². The molecule has 0 radical (unpaired) electrons. The number of benzene rings is 3. The molecule has 0 atom stereocenters. The highest BCUT2D eigenvalue weighted by atomic mass is 19.1. The lowest BCUT2D eigenvalue weighted by atomic mass is 9.96. The highest BCUT2D eigenvalue weighted by Crippen LogP contribution is 2.46. The van der Waals surface area contributed by atoms with Gasteiger partial charge in [0.05, 0.1) is 37.8 Å². The molecule has 0 unspecified atom stereocenters. The van der Waals surface area contributed by atoms with Gasteiger partial charge in [0, 0.05) is 32.6 Å². The highest BCUT2D eigenvalue weighted by Gasteiger charge is 2.32. The maximum absolute atomic E-state index is 14.6. The monoisotopic (exact) mass is 548 g/mol. The second-order valence-corrected chi connectivity index (χ2v) is 9.70. The average Bonchev–Trinajstić information content (AvgIpc) is 3.30. The third-order valence-corrected chi connectivity index (χ3v) is 7.26. The largest absolute Gasteiger partial charge is 0.497 e. The second-order valence-electron chi connectivity index (χ2n) is 9.70. The summed E-state index contributed by atoms with van der Waals surface area (Å²) in [6.07, 6.45) is 1.40. The maximum atomic E-state index is 14.6. The van der Waals surface area contributed by atoms with E-state index >= 15 is 0 Å². The minimum atomic E-state index is -0.600. The van der Waals surface area contributed by atoms with Crippen LogP contribution in [0, 0.1) is 5.82 Å². The number of carbonyl (C=O) groups excluding carboxylic acids is 2. The Hall–Kier alpha value is -4.31. The molecular weight excluding hydrogens is 515 g/mol. The molecule has 1 N–H and O–H groups in total. The lowest BCUT2D eigenvalue weighted by Crippen LogP contribution is -2.41. The number of hydrogen-bond acceptors (Lipinski definition) is 8. The van der Waals surface area contributed by atoms with Crippen LogP contribution in [0.4, 0.5) is 21.5 Å². The molecule has 210 valence electrons. The Morgan fingerprint density at radius 1 is 1.05 bits per heavy atom. The van der Waals surface area contributed by atoms with Crippen molar-refractivity contribution in [2.75, 3.05) is 44.4 Å². The van der Waals surface area contributed by atoms with E-state index in [0.717, 1.165) is 33.8 Å². The van der Waals surface area contributed by atoms with Gasteiger partial charge in [-0.05, 0) is 66.8 Å². The van der Waals surface area contributed by atoms with Crippen molar-refractivity contribution in [3.8, 4) is 11.5 Å². The first-order chi connectivity index (χ1) is 19.3. The average molecular weight is 549 g/mol. The lowest BCUT2D eigenvalue weighted by Gasteiger charge is -2.32. The van der Waals surface area contributed by atoms with Crippen LogP contribution in [-0.2, 0) is 28.9 Å². The van der Waals surface area contributed by atoms with Crippen molar-refractivity contribution in [2.24, 2.45) is 0 Å². The molecule has 3 aromatic carbocycles. The summed E-state index contributed by atoms with van der Waals surface area (Å²) in [4.78, 5) is 26.9. The van der Waals surface area contributed by atoms with E-state index in [1.54, 1.807) is 25.0 Å². The Bertz CT molecular complexity index is 1450. The SMILES string of the molecule is CCOC(=O)CCc1cc(OC)c2c(c1)N(c1cccc3c1CCN(C(=O)c1ccc(OC)cc1F)C3)NN2C. The normalized spacial score (nSPS) is 14.1. The Morgan fingerprint density at radius 2 is 1.88 bits per heavy atom. The van der Waals surface area contributed by atoms with Gasteiger partial charge in [-0.25, -0.2) is 4.39 Å². The zero-order valence-electron chi connectivity index (χ0n) is 23.1. The molecule has 2 heterocycles. The number of methoxy groups -OCH3 is 2. The molecule has 0 saturated heterocycles. The predicted octanol–water partition coefficient (Wildman–Crippen LogP) is 4.54. The van der Waals surface area contributed by atoms with Crippen LogP contribution in [0.15, 0.2) is 48.5 Å². The number of ether oxygens (including phenoxy) is 3. The number of halogens is 1. The first-order valence-electron chi connectivity index (χ1n) is 13.2. The Kier molecular flexibility index (Phi) is 7.79. The van der Waals surface area contributed by atoms with E-state index in [1.165, 1.54) is 19.2 Å². The van der Waals surface area contributed by atoms with Crippen molar-refractivity contribution >= 4 is 28.9 Å². The number of aryl methyl sites for hydroxylation is 1. The van der Waals surface area contributed by atoms with Gasteiger partial charge in [-0.1, -0.05) is 12.1 Å². The minimum Gasteiger partial charge on any atom is -0.497 e. The predicted molar refractivity (Wildman–Crippen MR) is 149 cm³/mol. The van der Waals surface area contributed by atoms with Crippen LogP contribution >= 0.6 is 0 Å². The van der Waals surface area contributed by atoms with Crippen LogP contribution in [-0.4, -0.2) is 51.2 Å². The van der Waals surface area contributed by atoms with Crippen LogP contribution < -0.4 is 25.0 Å². The first-order valence-corrected chi connectivity index (χ1v) is 13.2. The highest BCUT2D eigenvalue weighted by molar-refractivity contribution is 5.95. The van der Waals surface area contributed by atoms with Crippen LogP contribution in [0.2, 0.25) is 0 Å². The minimum absolute atomic E-state index is 0.0274. The van der Waals surface area contributed by atoms with E-state index in [4.69, 9.17) is 14.2 Å². The smallest absolute Gasteiger partial charge is 0.306 e. The summed E-state index contributed by atoms with van der Waals surface area (Å²) in [5.74, 6) is -0.127. The molecule has 1 amide bonds. The number of hydrogen-bond donors (Lipinski definition) is 1. The van der Waals surface area contributed by atoms with Crippen molar-refractivity contribution in [3.63, 3.8) is 0 Å². The summed E-state index contributed by atoms with van der Waals surface area (Å²) in [6, 6.07) is 14.3. The van der Waals surface area contributed by atoms with E-state index in [-0.39, 0.29) is 23.9 Å². The van der Waals surface area contributed by atoms with Gasteiger partial charge < -0.3 is 19.1 Å². The summed E-state index contributed by atoms with van der Waals surface area (Å²) < 4.78 is 30.5. The molecule has 5 rings (SSSR count). The number of amides is 1. The van der Waals surface area contributed by atoms with E-state index in [2.05, 4.69) is 11.6 Å². The molecule has 2 aliphatic rings.